The first-order valence-electron chi connectivity index (χ1n) is 5.38. The molecule has 1 aliphatic heterocycles. The summed E-state index contributed by atoms with van der Waals surface area (Å²) in [6.07, 6.45) is -0.0490. The van der Waals surface area contributed by atoms with Crippen LogP contribution in [0.25, 0.3) is 0 Å². The summed E-state index contributed by atoms with van der Waals surface area (Å²) in [5, 5.41) is 0. The number of alkyl halides is 2. The predicted octanol–water partition coefficient (Wildman–Crippen LogP) is 1.59. The second-order valence-corrected chi connectivity index (χ2v) is 3.99. The van der Waals surface area contributed by atoms with E-state index in [2.05, 4.69) is 4.74 Å². The highest BCUT2D eigenvalue weighted by Gasteiger charge is 2.27. The van der Waals surface area contributed by atoms with Crippen molar-refractivity contribution in [2.45, 2.75) is 19.6 Å². The monoisotopic (exact) mass is 255 g/mol. The van der Waals surface area contributed by atoms with E-state index < -0.39 is 6.61 Å². The molecule has 0 aliphatic carbocycles. The van der Waals surface area contributed by atoms with E-state index in [1.807, 2.05) is 0 Å². The van der Waals surface area contributed by atoms with Gasteiger partial charge in [0.05, 0.1) is 13.0 Å². The Labute approximate surface area is 102 Å². The number of benzene rings is 1. The molecule has 0 bridgehead atoms. The Morgan fingerprint density at radius 2 is 1.89 bits per heavy atom. The van der Waals surface area contributed by atoms with Crippen molar-refractivity contribution in [3.63, 3.8) is 0 Å². The third kappa shape index (κ3) is 3.03. The van der Waals surface area contributed by atoms with Gasteiger partial charge in [-0.15, -0.1) is 0 Å². The number of nitrogens with zero attached hydrogens (tertiary/aromatic N) is 1. The van der Waals surface area contributed by atoms with Crippen LogP contribution in [0.15, 0.2) is 24.3 Å². The molecular formula is C12H11F2NO3. The zero-order valence-electron chi connectivity index (χ0n) is 9.44. The minimum atomic E-state index is -2.85. The van der Waals surface area contributed by atoms with Crippen LogP contribution in [0.2, 0.25) is 0 Å². The second kappa shape index (κ2) is 5.12. The quantitative estimate of drug-likeness (QED) is 0.767. The van der Waals surface area contributed by atoms with Crippen LogP contribution < -0.4 is 4.74 Å². The number of rotatable bonds is 4. The summed E-state index contributed by atoms with van der Waals surface area (Å²) in [4.78, 5) is 23.9. The van der Waals surface area contributed by atoms with Crippen LogP contribution in [0.5, 0.6) is 5.75 Å². The number of hydrogen-bond donors (Lipinski definition) is 0. The first-order valence-corrected chi connectivity index (χ1v) is 5.38. The van der Waals surface area contributed by atoms with Crippen molar-refractivity contribution in [1.29, 1.82) is 0 Å². The molecule has 2 rings (SSSR count). The molecule has 0 spiro atoms. The van der Waals surface area contributed by atoms with E-state index in [1.54, 1.807) is 12.1 Å². The van der Waals surface area contributed by atoms with Crippen molar-refractivity contribution in [2.24, 2.45) is 0 Å². The largest absolute Gasteiger partial charge is 0.435 e. The molecule has 0 saturated carbocycles. The fourth-order valence-corrected chi connectivity index (χ4v) is 1.78. The molecule has 6 heteroatoms. The van der Waals surface area contributed by atoms with Crippen molar-refractivity contribution in [1.82, 2.24) is 4.90 Å². The van der Waals surface area contributed by atoms with Gasteiger partial charge >= 0.3 is 6.61 Å². The Morgan fingerprint density at radius 1 is 1.22 bits per heavy atom. The van der Waals surface area contributed by atoms with E-state index in [0.29, 0.717) is 6.54 Å². The van der Waals surface area contributed by atoms with Gasteiger partial charge in [-0.2, -0.15) is 8.78 Å². The molecule has 1 amide bonds. The molecule has 1 fully saturated rings. The van der Waals surface area contributed by atoms with E-state index in [4.69, 9.17) is 0 Å². The van der Waals surface area contributed by atoms with Gasteiger partial charge in [0.15, 0.2) is 5.78 Å². The van der Waals surface area contributed by atoms with Crippen LogP contribution in [-0.2, 0) is 16.1 Å². The summed E-state index contributed by atoms with van der Waals surface area (Å²) in [5.74, 6) is -0.233. The third-order valence-electron chi connectivity index (χ3n) is 2.59. The number of carbonyl (C=O) groups is 2. The molecule has 1 heterocycles. The summed E-state index contributed by atoms with van der Waals surface area (Å²) in [6, 6.07) is 6.00. The summed E-state index contributed by atoms with van der Waals surface area (Å²) < 4.78 is 28.1. The first kappa shape index (κ1) is 12.5. The third-order valence-corrected chi connectivity index (χ3v) is 2.59. The maximum absolute atomic E-state index is 11.9. The Balaban J connectivity index is 1.98. The summed E-state index contributed by atoms with van der Waals surface area (Å²) >= 11 is 0. The standard InChI is InChI=1S/C12H11F2NO3/c13-12(14)18-10-3-1-8(2-4-10)6-15-7-9(16)5-11(15)17/h1-4,12H,5-7H2. The predicted molar refractivity (Wildman–Crippen MR) is 58.1 cm³/mol. The van der Waals surface area contributed by atoms with E-state index in [0.717, 1.165) is 5.56 Å². The van der Waals surface area contributed by atoms with Crippen molar-refractivity contribution in [3.05, 3.63) is 29.8 Å². The molecule has 1 aliphatic rings. The summed E-state index contributed by atoms with van der Waals surface area (Å²) in [6.45, 7) is -2.43. The van der Waals surface area contributed by atoms with Gasteiger partial charge in [0.2, 0.25) is 5.91 Å². The highest BCUT2D eigenvalue weighted by atomic mass is 19.3. The lowest BCUT2D eigenvalue weighted by molar-refractivity contribution is -0.128. The van der Waals surface area contributed by atoms with Gasteiger partial charge in [0, 0.05) is 6.54 Å². The number of amides is 1. The van der Waals surface area contributed by atoms with Crippen LogP contribution >= 0.6 is 0 Å². The molecule has 0 unspecified atom stereocenters. The molecule has 0 N–H and O–H groups in total. The number of Topliss-reactive ketones (excluding diaryl/α,β-unsaturated/α-hetero) is 1. The van der Waals surface area contributed by atoms with Gasteiger partial charge in [-0.1, -0.05) is 12.1 Å². The van der Waals surface area contributed by atoms with Crippen molar-refractivity contribution >= 4 is 11.7 Å². The van der Waals surface area contributed by atoms with Gasteiger partial charge in [-0.3, -0.25) is 9.59 Å². The highest BCUT2D eigenvalue weighted by Crippen LogP contribution is 2.17. The average molecular weight is 255 g/mol. The molecule has 1 aromatic carbocycles. The molecule has 18 heavy (non-hydrogen) atoms. The van der Waals surface area contributed by atoms with E-state index in [9.17, 15) is 18.4 Å². The van der Waals surface area contributed by atoms with Crippen molar-refractivity contribution in [2.75, 3.05) is 6.54 Å². The number of halogens is 2. The van der Waals surface area contributed by atoms with Gasteiger partial charge in [0.1, 0.15) is 5.75 Å². The lowest BCUT2D eigenvalue weighted by Crippen LogP contribution is -2.24. The van der Waals surface area contributed by atoms with E-state index >= 15 is 0 Å². The Bertz CT molecular complexity index is 459. The van der Waals surface area contributed by atoms with Crippen LogP contribution in [0.1, 0.15) is 12.0 Å². The van der Waals surface area contributed by atoms with Crippen molar-refractivity contribution < 1.29 is 23.1 Å². The van der Waals surface area contributed by atoms with E-state index in [1.165, 1.54) is 17.0 Å². The van der Waals surface area contributed by atoms with Crippen LogP contribution in [-0.4, -0.2) is 29.7 Å². The summed E-state index contributed by atoms with van der Waals surface area (Å²) in [7, 11) is 0. The Morgan fingerprint density at radius 3 is 2.39 bits per heavy atom. The van der Waals surface area contributed by atoms with Gasteiger partial charge in [0.25, 0.3) is 0 Å². The number of carbonyl (C=O) groups excluding carboxylic acids is 2. The van der Waals surface area contributed by atoms with Crippen molar-refractivity contribution in [3.8, 4) is 5.75 Å². The number of ketones is 1. The average Bonchev–Trinajstić information content (AvgIpc) is 2.59. The van der Waals surface area contributed by atoms with Gasteiger partial charge < -0.3 is 9.64 Å². The molecule has 1 aromatic rings. The molecular weight excluding hydrogens is 244 g/mol. The molecule has 1 saturated heterocycles. The fourth-order valence-electron chi connectivity index (χ4n) is 1.78. The lowest BCUT2D eigenvalue weighted by Gasteiger charge is -2.14. The van der Waals surface area contributed by atoms with Crippen LogP contribution in [0, 0.1) is 0 Å². The SMILES string of the molecule is O=C1CC(=O)N(Cc2ccc(OC(F)F)cc2)C1. The van der Waals surface area contributed by atoms with Gasteiger partial charge in [-0.05, 0) is 17.7 Å². The molecule has 4 nitrogen and oxygen atoms in total. The van der Waals surface area contributed by atoms with E-state index in [-0.39, 0.29) is 30.4 Å². The lowest BCUT2D eigenvalue weighted by atomic mass is 10.2. The molecule has 0 aromatic heterocycles. The van der Waals surface area contributed by atoms with Crippen LogP contribution in [0.4, 0.5) is 8.78 Å². The number of hydrogen-bond acceptors (Lipinski definition) is 3. The first-order chi connectivity index (χ1) is 8.54. The van der Waals surface area contributed by atoms with Crippen LogP contribution in [0.3, 0.4) is 0 Å². The smallest absolute Gasteiger partial charge is 0.387 e. The number of ether oxygens (including phenoxy) is 1. The number of likely N-dealkylation sites (tertiary alicyclic amines) is 1. The Kier molecular flexibility index (Phi) is 3.55. The highest BCUT2D eigenvalue weighted by molar-refractivity contribution is 6.05. The maximum atomic E-state index is 11.9. The second-order valence-electron chi connectivity index (χ2n) is 3.99. The Hall–Kier alpha value is -1.98. The molecule has 96 valence electrons. The topological polar surface area (TPSA) is 46.6 Å². The zero-order valence-corrected chi connectivity index (χ0v) is 9.44. The van der Waals surface area contributed by atoms with Gasteiger partial charge in [-0.25, -0.2) is 0 Å². The normalized spacial score (nSPS) is 15.6. The maximum Gasteiger partial charge on any atom is 0.387 e. The minimum Gasteiger partial charge on any atom is -0.435 e. The minimum absolute atomic E-state index is 0.0490. The fraction of sp³-hybridized carbons (Fsp3) is 0.333. The summed E-state index contributed by atoms with van der Waals surface area (Å²) in [5.41, 5.74) is 0.764. The molecule has 0 radical (unpaired) electrons. The zero-order chi connectivity index (χ0) is 13.1. The molecule has 0 atom stereocenters.